The van der Waals surface area contributed by atoms with Crippen LogP contribution in [0.4, 0.5) is 0 Å². The molecule has 4 aromatic rings. The Morgan fingerprint density at radius 3 is 2.91 bits per heavy atom. The SMILES string of the molecule is N#C/C(=C/c1c[nH]c2ccccc12)c1nc(-c2cccs2)cs1. The van der Waals surface area contributed by atoms with Crippen LogP contribution in [0.2, 0.25) is 0 Å². The molecule has 0 aliphatic rings. The van der Waals surface area contributed by atoms with Crippen LogP contribution < -0.4 is 0 Å². The largest absolute Gasteiger partial charge is 0.361 e. The number of benzene rings is 1. The van der Waals surface area contributed by atoms with Crippen molar-refractivity contribution < 1.29 is 0 Å². The van der Waals surface area contributed by atoms with Crippen LogP contribution in [0.15, 0.2) is 53.4 Å². The molecule has 0 atom stereocenters. The van der Waals surface area contributed by atoms with Gasteiger partial charge in [0.05, 0.1) is 16.1 Å². The minimum Gasteiger partial charge on any atom is -0.361 e. The number of hydrogen-bond donors (Lipinski definition) is 1. The maximum Gasteiger partial charge on any atom is 0.134 e. The first-order valence-corrected chi connectivity index (χ1v) is 8.79. The topological polar surface area (TPSA) is 52.5 Å². The first-order valence-electron chi connectivity index (χ1n) is 7.03. The van der Waals surface area contributed by atoms with Crippen molar-refractivity contribution in [3.05, 3.63) is 63.9 Å². The molecule has 0 unspecified atom stereocenters. The Morgan fingerprint density at radius 1 is 1.17 bits per heavy atom. The van der Waals surface area contributed by atoms with Crippen molar-refractivity contribution in [2.75, 3.05) is 0 Å². The third-order valence-electron chi connectivity index (χ3n) is 3.55. The van der Waals surface area contributed by atoms with Crippen molar-refractivity contribution in [1.82, 2.24) is 9.97 Å². The van der Waals surface area contributed by atoms with Gasteiger partial charge in [-0.3, -0.25) is 0 Å². The number of thiophene rings is 1. The van der Waals surface area contributed by atoms with Crippen LogP contribution in [-0.2, 0) is 0 Å². The molecule has 0 spiro atoms. The molecule has 5 heteroatoms. The number of aromatic amines is 1. The van der Waals surface area contributed by atoms with Gasteiger partial charge >= 0.3 is 0 Å². The molecule has 3 nitrogen and oxygen atoms in total. The van der Waals surface area contributed by atoms with E-state index in [0.29, 0.717) is 5.57 Å². The Hall–Kier alpha value is -2.68. The second kappa shape index (κ2) is 5.84. The predicted octanol–water partition coefficient (Wildman–Crippen LogP) is 5.42. The second-order valence-electron chi connectivity index (χ2n) is 4.97. The molecular formula is C18H11N3S2. The van der Waals surface area contributed by atoms with Crippen molar-refractivity contribution in [3.8, 4) is 16.6 Å². The summed E-state index contributed by atoms with van der Waals surface area (Å²) < 4.78 is 0. The van der Waals surface area contributed by atoms with Gasteiger partial charge in [0.15, 0.2) is 0 Å². The number of H-pyrrole nitrogens is 1. The lowest BCUT2D eigenvalue weighted by Gasteiger charge is -1.94. The molecule has 1 aromatic carbocycles. The van der Waals surface area contributed by atoms with E-state index in [1.54, 1.807) is 11.3 Å². The summed E-state index contributed by atoms with van der Waals surface area (Å²) in [4.78, 5) is 8.96. The first-order chi connectivity index (χ1) is 11.3. The molecule has 0 fully saturated rings. The number of aromatic nitrogens is 2. The Kier molecular flexibility index (Phi) is 3.54. The van der Waals surface area contributed by atoms with Crippen LogP contribution in [0.1, 0.15) is 10.6 Å². The quantitative estimate of drug-likeness (QED) is 0.509. The van der Waals surface area contributed by atoms with Crippen LogP contribution in [0.5, 0.6) is 0 Å². The number of allylic oxidation sites excluding steroid dienone is 1. The zero-order valence-corrected chi connectivity index (χ0v) is 13.6. The zero-order chi connectivity index (χ0) is 15.6. The van der Waals surface area contributed by atoms with Gasteiger partial charge in [0.2, 0.25) is 0 Å². The monoisotopic (exact) mass is 333 g/mol. The van der Waals surface area contributed by atoms with Gasteiger partial charge < -0.3 is 4.98 Å². The highest BCUT2D eigenvalue weighted by Gasteiger charge is 2.10. The Morgan fingerprint density at radius 2 is 2.09 bits per heavy atom. The molecule has 23 heavy (non-hydrogen) atoms. The van der Waals surface area contributed by atoms with Crippen LogP contribution in [0.3, 0.4) is 0 Å². The molecule has 1 N–H and O–H groups in total. The lowest BCUT2D eigenvalue weighted by molar-refractivity contribution is 1.38. The van der Waals surface area contributed by atoms with Gasteiger partial charge in [-0.05, 0) is 23.6 Å². The highest BCUT2D eigenvalue weighted by molar-refractivity contribution is 7.14. The molecule has 0 saturated heterocycles. The summed E-state index contributed by atoms with van der Waals surface area (Å²) in [6.07, 6.45) is 3.83. The molecule has 3 aromatic heterocycles. The Labute approximate surface area is 141 Å². The van der Waals surface area contributed by atoms with Crippen molar-refractivity contribution in [3.63, 3.8) is 0 Å². The fraction of sp³-hybridized carbons (Fsp3) is 0. The number of hydrogen-bond acceptors (Lipinski definition) is 4. The maximum absolute atomic E-state index is 9.53. The van der Waals surface area contributed by atoms with E-state index in [9.17, 15) is 5.26 Å². The Bertz CT molecular complexity index is 1030. The van der Waals surface area contributed by atoms with Gasteiger partial charge in [0.25, 0.3) is 0 Å². The average molecular weight is 333 g/mol. The van der Waals surface area contributed by atoms with Gasteiger partial charge in [-0.2, -0.15) is 5.26 Å². The maximum atomic E-state index is 9.53. The summed E-state index contributed by atoms with van der Waals surface area (Å²) in [5.41, 5.74) is 3.59. The number of nitrogens with zero attached hydrogens (tertiary/aromatic N) is 2. The number of fused-ring (bicyclic) bond motifs is 1. The van der Waals surface area contributed by atoms with E-state index < -0.39 is 0 Å². The molecule has 0 aliphatic carbocycles. The first kappa shape index (κ1) is 13.9. The van der Waals surface area contributed by atoms with Crippen LogP contribution in [0.25, 0.3) is 33.1 Å². The molecule has 4 rings (SSSR count). The van der Waals surface area contributed by atoms with E-state index in [2.05, 4.69) is 16.0 Å². The van der Waals surface area contributed by atoms with E-state index in [-0.39, 0.29) is 0 Å². The summed E-state index contributed by atoms with van der Waals surface area (Å²) in [7, 11) is 0. The summed E-state index contributed by atoms with van der Waals surface area (Å²) in [6.45, 7) is 0. The van der Waals surface area contributed by atoms with Gasteiger partial charge in [0.1, 0.15) is 11.1 Å². The van der Waals surface area contributed by atoms with E-state index in [0.717, 1.165) is 32.0 Å². The highest BCUT2D eigenvalue weighted by Crippen LogP contribution is 2.30. The second-order valence-corrected chi connectivity index (χ2v) is 6.78. The van der Waals surface area contributed by atoms with Crippen molar-refractivity contribution >= 4 is 45.2 Å². The molecule has 0 radical (unpaired) electrons. The molecule has 110 valence electrons. The summed E-state index contributed by atoms with van der Waals surface area (Å²) >= 11 is 3.15. The molecule has 0 amide bonds. The fourth-order valence-electron chi connectivity index (χ4n) is 2.45. The minimum absolute atomic E-state index is 0.586. The molecule has 0 saturated carbocycles. The van der Waals surface area contributed by atoms with Gasteiger partial charge in [-0.1, -0.05) is 24.3 Å². The van der Waals surface area contributed by atoms with Crippen LogP contribution in [-0.4, -0.2) is 9.97 Å². The lowest BCUT2D eigenvalue weighted by Crippen LogP contribution is -1.81. The normalized spacial score (nSPS) is 11.7. The number of rotatable bonds is 3. The van der Waals surface area contributed by atoms with E-state index in [1.807, 2.05) is 59.4 Å². The predicted molar refractivity (Wildman–Crippen MR) is 97.2 cm³/mol. The summed E-state index contributed by atoms with van der Waals surface area (Å²) in [6, 6.07) is 14.4. The standard InChI is InChI=1S/C18H11N3S2/c19-9-12(8-13-10-20-15-5-2-1-4-14(13)15)18-21-16(11-23-18)17-6-3-7-22-17/h1-8,10-11,20H/b12-8-. The van der Waals surface area contributed by atoms with Crippen molar-refractivity contribution in [2.24, 2.45) is 0 Å². The van der Waals surface area contributed by atoms with Crippen LogP contribution in [0, 0.1) is 11.3 Å². The van der Waals surface area contributed by atoms with Crippen LogP contribution >= 0.6 is 22.7 Å². The van der Waals surface area contributed by atoms with E-state index in [1.165, 1.54) is 11.3 Å². The number of nitrogens with one attached hydrogen (secondary N) is 1. The number of para-hydroxylation sites is 1. The number of thiazole rings is 1. The van der Waals surface area contributed by atoms with Gasteiger partial charge in [-0.25, -0.2) is 4.98 Å². The molecular weight excluding hydrogens is 322 g/mol. The van der Waals surface area contributed by atoms with E-state index >= 15 is 0 Å². The Balaban J connectivity index is 1.76. The molecule has 0 bridgehead atoms. The van der Waals surface area contributed by atoms with Crippen molar-refractivity contribution in [1.29, 1.82) is 5.26 Å². The fourth-order valence-corrected chi connectivity index (χ4v) is 3.99. The summed E-state index contributed by atoms with van der Waals surface area (Å²) in [5.74, 6) is 0. The van der Waals surface area contributed by atoms with Gasteiger partial charge in [0, 0.05) is 28.0 Å². The summed E-state index contributed by atoms with van der Waals surface area (Å²) in [5, 5.41) is 15.4. The van der Waals surface area contributed by atoms with Crippen molar-refractivity contribution in [2.45, 2.75) is 0 Å². The lowest BCUT2D eigenvalue weighted by atomic mass is 10.1. The minimum atomic E-state index is 0.586. The third kappa shape index (κ3) is 2.59. The number of nitriles is 1. The molecule has 3 heterocycles. The average Bonchev–Trinajstić information content (AvgIpc) is 3.32. The smallest absolute Gasteiger partial charge is 0.134 e. The van der Waals surface area contributed by atoms with E-state index in [4.69, 9.17) is 0 Å². The third-order valence-corrected chi connectivity index (χ3v) is 5.32. The molecule has 0 aliphatic heterocycles. The van der Waals surface area contributed by atoms with Gasteiger partial charge in [-0.15, -0.1) is 22.7 Å². The highest BCUT2D eigenvalue weighted by atomic mass is 32.1. The zero-order valence-electron chi connectivity index (χ0n) is 12.0.